The quantitative estimate of drug-likeness (QED) is 0.909. The van der Waals surface area contributed by atoms with Crippen molar-refractivity contribution in [1.82, 2.24) is 4.90 Å². The van der Waals surface area contributed by atoms with Gasteiger partial charge in [-0.1, -0.05) is 30.3 Å². The van der Waals surface area contributed by atoms with Crippen LogP contribution in [0.5, 0.6) is 0 Å². The van der Waals surface area contributed by atoms with Crippen molar-refractivity contribution < 1.29 is 23.8 Å². The number of carbonyl (C=O) groups is 2. The number of aliphatic carboxylic acids is 1. The van der Waals surface area contributed by atoms with Crippen LogP contribution in [-0.2, 0) is 20.7 Å². The number of aryl methyl sites for hydroxylation is 1. The summed E-state index contributed by atoms with van der Waals surface area (Å²) in [7, 11) is 0. The maximum atomic E-state index is 12.3. The predicted octanol–water partition coefficient (Wildman–Crippen LogP) is 2.19. The third-order valence-corrected chi connectivity index (χ3v) is 4.00. The normalized spacial score (nSPS) is 17.7. The molecule has 3 rings (SSSR count). The molecule has 24 heavy (non-hydrogen) atoms. The van der Waals surface area contributed by atoms with Gasteiger partial charge in [0.15, 0.2) is 6.10 Å². The van der Waals surface area contributed by atoms with Crippen molar-refractivity contribution in [3.63, 3.8) is 0 Å². The summed E-state index contributed by atoms with van der Waals surface area (Å²) < 4.78 is 10.9. The molecule has 1 atom stereocenters. The molecule has 1 amide bonds. The molecule has 1 unspecified atom stereocenters. The summed E-state index contributed by atoms with van der Waals surface area (Å²) in [5.41, 5.74) is 0.993. The molecule has 6 heteroatoms. The molecule has 0 spiro atoms. The van der Waals surface area contributed by atoms with Gasteiger partial charge in [-0.2, -0.15) is 0 Å². The fraction of sp³-hybridized carbons (Fsp3) is 0.333. The van der Waals surface area contributed by atoms with Crippen LogP contribution >= 0.6 is 0 Å². The van der Waals surface area contributed by atoms with Gasteiger partial charge in [0.1, 0.15) is 11.5 Å². The van der Waals surface area contributed by atoms with E-state index in [2.05, 4.69) is 0 Å². The third-order valence-electron chi connectivity index (χ3n) is 4.00. The second-order valence-corrected chi connectivity index (χ2v) is 5.67. The first kappa shape index (κ1) is 16.3. The average molecular weight is 329 g/mol. The summed E-state index contributed by atoms with van der Waals surface area (Å²) >= 11 is 0. The van der Waals surface area contributed by atoms with Crippen LogP contribution in [0.3, 0.4) is 0 Å². The highest BCUT2D eigenvalue weighted by Gasteiger charge is 2.28. The van der Waals surface area contributed by atoms with Crippen LogP contribution in [0.4, 0.5) is 0 Å². The summed E-state index contributed by atoms with van der Waals surface area (Å²) in [5.74, 6) is 0.397. The molecular weight excluding hydrogens is 310 g/mol. The number of morpholine rings is 1. The van der Waals surface area contributed by atoms with Crippen LogP contribution in [-0.4, -0.2) is 47.7 Å². The highest BCUT2D eigenvalue weighted by molar-refractivity contribution is 5.78. The Hall–Kier alpha value is -2.60. The maximum Gasteiger partial charge on any atom is 0.334 e. The highest BCUT2D eigenvalue weighted by atomic mass is 16.5. The van der Waals surface area contributed by atoms with E-state index in [1.165, 1.54) is 0 Å². The minimum atomic E-state index is -1.04. The number of rotatable bonds is 5. The van der Waals surface area contributed by atoms with Crippen molar-refractivity contribution in [3.05, 3.63) is 48.2 Å². The Kier molecular flexibility index (Phi) is 4.96. The number of furan rings is 1. The third kappa shape index (κ3) is 3.83. The number of carboxylic acid groups (broad SMARTS) is 1. The van der Waals surface area contributed by atoms with Gasteiger partial charge in [0.2, 0.25) is 5.91 Å². The minimum absolute atomic E-state index is 0.0813. The Morgan fingerprint density at radius 1 is 1.17 bits per heavy atom. The summed E-state index contributed by atoms with van der Waals surface area (Å²) in [6, 6.07) is 13.5. The van der Waals surface area contributed by atoms with E-state index in [-0.39, 0.29) is 25.5 Å². The van der Waals surface area contributed by atoms with Gasteiger partial charge in [-0.25, -0.2) is 4.79 Å². The first-order chi connectivity index (χ1) is 11.6. The van der Waals surface area contributed by atoms with E-state index in [0.29, 0.717) is 13.0 Å². The number of amides is 1. The first-order valence-corrected chi connectivity index (χ1v) is 7.90. The summed E-state index contributed by atoms with van der Waals surface area (Å²) in [6.45, 7) is 0.777. The molecule has 1 aliphatic heterocycles. The number of hydrogen-bond acceptors (Lipinski definition) is 4. The second-order valence-electron chi connectivity index (χ2n) is 5.67. The van der Waals surface area contributed by atoms with E-state index < -0.39 is 12.1 Å². The zero-order valence-electron chi connectivity index (χ0n) is 13.2. The molecule has 1 N–H and O–H groups in total. The van der Waals surface area contributed by atoms with Crippen molar-refractivity contribution in [1.29, 1.82) is 0 Å². The molecule has 1 saturated heterocycles. The van der Waals surface area contributed by atoms with E-state index >= 15 is 0 Å². The van der Waals surface area contributed by atoms with E-state index in [4.69, 9.17) is 14.3 Å². The van der Waals surface area contributed by atoms with E-state index in [9.17, 15) is 9.59 Å². The summed E-state index contributed by atoms with van der Waals surface area (Å²) in [6.07, 6.45) is -0.162. The summed E-state index contributed by atoms with van der Waals surface area (Å²) in [5, 5.41) is 8.98. The van der Waals surface area contributed by atoms with Crippen molar-refractivity contribution in [2.45, 2.75) is 18.9 Å². The second kappa shape index (κ2) is 7.31. The lowest BCUT2D eigenvalue weighted by atomic mass is 10.2. The van der Waals surface area contributed by atoms with Gasteiger partial charge in [0, 0.05) is 24.9 Å². The zero-order valence-corrected chi connectivity index (χ0v) is 13.2. The van der Waals surface area contributed by atoms with Gasteiger partial charge in [0.05, 0.1) is 13.2 Å². The van der Waals surface area contributed by atoms with Gasteiger partial charge >= 0.3 is 5.97 Å². The Labute approximate surface area is 139 Å². The number of hydrogen-bond donors (Lipinski definition) is 1. The van der Waals surface area contributed by atoms with E-state index in [0.717, 1.165) is 17.1 Å². The number of carbonyl (C=O) groups excluding carboxylic acids is 1. The minimum Gasteiger partial charge on any atom is -0.479 e. The molecule has 1 aromatic heterocycles. The Morgan fingerprint density at radius 3 is 2.71 bits per heavy atom. The monoisotopic (exact) mass is 329 g/mol. The molecule has 1 aromatic carbocycles. The topological polar surface area (TPSA) is 80.0 Å². The Morgan fingerprint density at radius 2 is 1.96 bits per heavy atom. The molecule has 1 aliphatic rings. The van der Waals surface area contributed by atoms with Crippen LogP contribution in [0, 0.1) is 0 Å². The molecule has 2 heterocycles. The summed E-state index contributed by atoms with van der Waals surface area (Å²) in [4.78, 5) is 24.8. The molecule has 0 aliphatic carbocycles. The number of carboxylic acids is 1. The van der Waals surface area contributed by atoms with E-state index in [1.54, 1.807) is 4.90 Å². The van der Waals surface area contributed by atoms with Gasteiger partial charge in [0.25, 0.3) is 0 Å². The van der Waals surface area contributed by atoms with Crippen molar-refractivity contribution in [2.24, 2.45) is 0 Å². The standard InChI is InChI=1S/C18H19NO5/c20-17(19-10-11-23-16(12-19)18(21)22)9-7-14-6-8-15(24-14)13-4-2-1-3-5-13/h1-6,8,16H,7,9-12H2,(H,21,22). The zero-order chi connectivity index (χ0) is 16.9. The molecule has 1 fully saturated rings. The van der Waals surface area contributed by atoms with E-state index in [1.807, 2.05) is 42.5 Å². The van der Waals surface area contributed by atoms with Crippen molar-refractivity contribution >= 4 is 11.9 Å². The maximum absolute atomic E-state index is 12.3. The molecule has 6 nitrogen and oxygen atoms in total. The lowest BCUT2D eigenvalue weighted by Gasteiger charge is -2.30. The fourth-order valence-electron chi connectivity index (χ4n) is 2.68. The van der Waals surface area contributed by atoms with Crippen molar-refractivity contribution in [2.75, 3.05) is 19.7 Å². The fourth-order valence-corrected chi connectivity index (χ4v) is 2.68. The Balaban J connectivity index is 1.55. The number of ether oxygens (including phenoxy) is 1. The largest absolute Gasteiger partial charge is 0.479 e. The Bertz CT molecular complexity index is 709. The SMILES string of the molecule is O=C(O)C1CN(C(=O)CCc2ccc(-c3ccccc3)o2)CCO1. The molecule has 126 valence electrons. The van der Waals surface area contributed by atoms with Gasteiger partial charge in [-0.05, 0) is 12.1 Å². The number of nitrogens with zero attached hydrogens (tertiary/aromatic N) is 1. The van der Waals surface area contributed by atoms with Crippen molar-refractivity contribution in [3.8, 4) is 11.3 Å². The molecule has 0 saturated carbocycles. The smallest absolute Gasteiger partial charge is 0.334 e. The highest BCUT2D eigenvalue weighted by Crippen LogP contribution is 2.22. The average Bonchev–Trinajstić information content (AvgIpc) is 3.09. The molecule has 0 bridgehead atoms. The van der Waals surface area contributed by atoms with Gasteiger partial charge in [-0.15, -0.1) is 0 Å². The lowest BCUT2D eigenvalue weighted by Crippen LogP contribution is -2.48. The number of benzene rings is 1. The molecule has 2 aromatic rings. The van der Waals surface area contributed by atoms with Gasteiger partial charge in [-0.3, -0.25) is 4.79 Å². The lowest BCUT2D eigenvalue weighted by molar-refractivity contribution is -0.159. The molecule has 0 radical (unpaired) electrons. The van der Waals surface area contributed by atoms with Crippen LogP contribution in [0.15, 0.2) is 46.9 Å². The van der Waals surface area contributed by atoms with Gasteiger partial charge < -0.3 is 19.2 Å². The molecular formula is C18H19NO5. The van der Waals surface area contributed by atoms with Crippen LogP contribution in [0.2, 0.25) is 0 Å². The van der Waals surface area contributed by atoms with Crippen LogP contribution in [0.25, 0.3) is 11.3 Å². The first-order valence-electron chi connectivity index (χ1n) is 7.90. The predicted molar refractivity (Wildman–Crippen MR) is 86.4 cm³/mol. The van der Waals surface area contributed by atoms with Crippen LogP contribution < -0.4 is 0 Å². The van der Waals surface area contributed by atoms with Crippen LogP contribution in [0.1, 0.15) is 12.2 Å².